The van der Waals surface area contributed by atoms with Gasteiger partial charge in [0.15, 0.2) is 0 Å². The van der Waals surface area contributed by atoms with Crippen LogP contribution in [-0.4, -0.2) is 12.6 Å². The zero-order valence-corrected chi connectivity index (χ0v) is 11.4. The van der Waals surface area contributed by atoms with Crippen LogP contribution in [0, 0.1) is 11.2 Å². The second kappa shape index (κ2) is 5.41. The minimum absolute atomic E-state index is 0.128. The molecule has 1 aromatic rings. The van der Waals surface area contributed by atoms with Crippen LogP contribution in [-0.2, 0) is 6.42 Å². The van der Waals surface area contributed by atoms with Crippen molar-refractivity contribution in [2.45, 2.75) is 32.2 Å². The van der Waals surface area contributed by atoms with Gasteiger partial charge in [-0.1, -0.05) is 30.7 Å². The molecular weight excluding hydrogens is 249 g/mol. The first-order valence-corrected chi connectivity index (χ1v) is 6.71. The average molecular weight is 268 g/mol. The molecular formula is C15H19ClFN. The highest BCUT2D eigenvalue weighted by molar-refractivity contribution is 6.30. The lowest BCUT2D eigenvalue weighted by atomic mass is 9.83. The van der Waals surface area contributed by atoms with Crippen LogP contribution in [0.15, 0.2) is 30.9 Å². The van der Waals surface area contributed by atoms with E-state index in [-0.39, 0.29) is 11.2 Å². The van der Waals surface area contributed by atoms with Crippen LogP contribution in [0.1, 0.15) is 25.3 Å². The summed E-state index contributed by atoms with van der Waals surface area (Å²) in [4.78, 5) is 0. The molecule has 0 saturated heterocycles. The van der Waals surface area contributed by atoms with Gasteiger partial charge in [-0.3, -0.25) is 0 Å². The van der Waals surface area contributed by atoms with E-state index >= 15 is 0 Å². The second-order valence-corrected chi connectivity index (χ2v) is 5.86. The van der Waals surface area contributed by atoms with Gasteiger partial charge in [0, 0.05) is 23.0 Å². The van der Waals surface area contributed by atoms with Gasteiger partial charge in [0.25, 0.3) is 0 Å². The molecule has 1 saturated carbocycles. The van der Waals surface area contributed by atoms with Crippen LogP contribution in [0.4, 0.5) is 4.39 Å². The smallest absolute Gasteiger partial charge is 0.127 e. The molecule has 1 N–H and O–H groups in total. The Hall–Kier alpha value is -0.860. The Morgan fingerprint density at radius 2 is 2.28 bits per heavy atom. The van der Waals surface area contributed by atoms with Gasteiger partial charge in [-0.25, -0.2) is 4.39 Å². The molecule has 1 atom stereocenters. The van der Waals surface area contributed by atoms with Crippen molar-refractivity contribution in [3.8, 4) is 0 Å². The normalized spacial score (nSPS) is 18.4. The van der Waals surface area contributed by atoms with E-state index in [9.17, 15) is 4.39 Å². The molecule has 1 fully saturated rings. The van der Waals surface area contributed by atoms with Crippen molar-refractivity contribution in [2.75, 3.05) is 6.54 Å². The fraction of sp³-hybridized carbons (Fsp3) is 0.467. The van der Waals surface area contributed by atoms with E-state index in [4.69, 9.17) is 11.6 Å². The zero-order chi connectivity index (χ0) is 13.2. The van der Waals surface area contributed by atoms with Crippen molar-refractivity contribution in [3.05, 3.63) is 47.3 Å². The summed E-state index contributed by atoms with van der Waals surface area (Å²) in [6.45, 7) is 6.82. The molecule has 1 nitrogen and oxygen atoms in total. The Bertz CT molecular complexity index is 442. The van der Waals surface area contributed by atoms with Gasteiger partial charge in [0.1, 0.15) is 5.82 Å². The van der Waals surface area contributed by atoms with Gasteiger partial charge in [0.2, 0.25) is 0 Å². The van der Waals surface area contributed by atoms with E-state index in [2.05, 4.69) is 18.8 Å². The summed E-state index contributed by atoms with van der Waals surface area (Å²) in [5.41, 5.74) is 0.566. The number of hydrogen-bond donors (Lipinski definition) is 1. The SMILES string of the molecule is C=CC(C)(CNC1CC1)Cc1ccc(Cl)cc1F. The molecule has 0 bridgehead atoms. The zero-order valence-electron chi connectivity index (χ0n) is 10.7. The Morgan fingerprint density at radius 1 is 1.56 bits per heavy atom. The fourth-order valence-electron chi connectivity index (χ4n) is 1.97. The van der Waals surface area contributed by atoms with E-state index in [0.717, 1.165) is 6.54 Å². The first-order valence-electron chi connectivity index (χ1n) is 6.33. The lowest BCUT2D eigenvalue weighted by Gasteiger charge is -2.26. The molecule has 1 unspecified atom stereocenters. The topological polar surface area (TPSA) is 12.0 Å². The summed E-state index contributed by atoms with van der Waals surface area (Å²) in [6, 6.07) is 5.52. The highest BCUT2D eigenvalue weighted by Crippen LogP contribution is 2.28. The summed E-state index contributed by atoms with van der Waals surface area (Å²) in [7, 11) is 0. The minimum Gasteiger partial charge on any atom is -0.313 e. The minimum atomic E-state index is -0.234. The average Bonchev–Trinajstić information content (AvgIpc) is 3.14. The Balaban J connectivity index is 2.05. The number of halogens is 2. The van der Waals surface area contributed by atoms with Gasteiger partial charge in [0.05, 0.1) is 0 Å². The van der Waals surface area contributed by atoms with Gasteiger partial charge in [-0.05, 0) is 37.0 Å². The van der Waals surface area contributed by atoms with Crippen molar-refractivity contribution in [3.63, 3.8) is 0 Å². The highest BCUT2D eigenvalue weighted by atomic mass is 35.5. The third kappa shape index (κ3) is 3.56. The highest BCUT2D eigenvalue weighted by Gasteiger charge is 2.27. The van der Waals surface area contributed by atoms with Gasteiger partial charge >= 0.3 is 0 Å². The lowest BCUT2D eigenvalue weighted by Crippen LogP contribution is -2.33. The molecule has 18 heavy (non-hydrogen) atoms. The van der Waals surface area contributed by atoms with Gasteiger partial charge < -0.3 is 5.32 Å². The quantitative estimate of drug-likeness (QED) is 0.769. The number of hydrogen-bond acceptors (Lipinski definition) is 1. The van der Waals surface area contributed by atoms with Crippen molar-refractivity contribution in [2.24, 2.45) is 5.41 Å². The summed E-state index contributed by atoms with van der Waals surface area (Å²) < 4.78 is 13.8. The van der Waals surface area contributed by atoms with Crippen molar-refractivity contribution in [1.29, 1.82) is 0 Å². The monoisotopic (exact) mass is 267 g/mol. The van der Waals surface area contributed by atoms with Gasteiger partial charge in [-0.15, -0.1) is 6.58 Å². The van der Waals surface area contributed by atoms with Gasteiger partial charge in [-0.2, -0.15) is 0 Å². The van der Waals surface area contributed by atoms with Crippen LogP contribution < -0.4 is 5.32 Å². The first kappa shape index (κ1) is 13.6. The summed E-state index contributed by atoms with van der Waals surface area (Å²) in [5.74, 6) is -0.234. The number of nitrogens with one attached hydrogen (secondary N) is 1. The fourth-order valence-corrected chi connectivity index (χ4v) is 2.13. The molecule has 0 amide bonds. The maximum absolute atomic E-state index is 13.8. The maximum atomic E-state index is 13.8. The molecule has 3 heteroatoms. The molecule has 0 aliphatic heterocycles. The number of benzene rings is 1. The summed E-state index contributed by atoms with van der Waals surface area (Å²) >= 11 is 5.76. The van der Waals surface area contributed by atoms with Crippen LogP contribution >= 0.6 is 11.6 Å². The van der Waals surface area contributed by atoms with E-state index in [0.29, 0.717) is 23.0 Å². The van der Waals surface area contributed by atoms with E-state index in [1.807, 2.05) is 6.08 Å². The van der Waals surface area contributed by atoms with Crippen LogP contribution in [0.3, 0.4) is 0 Å². The maximum Gasteiger partial charge on any atom is 0.127 e. The predicted octanol–water partition coefficient (Wildman–Crippen LogP) is 3.97. The molecule has 0 radical (unpaired) electrons. The first-order chi connectivity index (χ1) is 8.52. The molecule has 0 aromatic heterocycles. The third-order valence-electron chi connectivity index (χ3n) is 3.47. The molecule has 1 aliphatic rings. The van der Waals surface area contributed by atoms with Crippen molar-refractivity contribution < 1.29 is 4.39 Å². The van der Waals surface area contributed by atoms with Crippen molar-refractivity contribution >= 4 is 11.6 Å². The molecule has 0 spiro atoms. The Labute approximate surface area is 113 Å². The van der Waals surface area contributed by atoms with Crippen LogP contribution in [0.25, 0.3) is 0 Å². The van der Waals surface area contributed by atoms with Crippen LogP contribution in [0.2, 0.25) is 5.02 Å². The van der Waals surface area contributed by atoms with Crippen molar-refractivity contribution in [1.82, 2.24) is 5.32 Å². The van der Waals surface area contributed by atoms with E-state index < -0.39 is 0 Å². The molecule has 98 valence electrons. The molecule has 1 aromatic carbocycles. The predicted molar refractivity (Wildman–Crippen MR) is 74.4 cm³/mol. The van der Waals surface area contributed by atoms with E-state index in [1.54, 1.807) is 12.1 Å². The molecule has 2 rings (SSSR count). The van der Waals surface area contributed by atoms with Crippen LogP contribution in [0.5, 0.6) is 0 Å². The van der Waals surface area contributed by atoms with E-state index in [1.165, 1.54) is 18.9 Å². The lowest BCUT2D eigenvalue weighted by molar-refractivity contribution is 0.383. The summed E-state index contributed by atoms with van der Waals surface area (Å²) in [5, 5.41) is 3.92. The standard InChI is InChI=1S/C15H19ClFN/c1-3-15(2,10-18-13-6-7-13)9-11-4-5-12(16)8-14(11)17/h3-5,8,13,18H,1,6-7,9-10H2,2H3. The second-order valence-electron chi connectivity index (χ2n) is 5.43. The summed E-state index contributed by atoms with van der Waals surface area (Å²) in [6.07, 6.45) is 5.06. The molecule has 1 aliphatic carbocycles. The molecule has 0 heterocycles. The largest absolute Gasteiger partial charge is 0.313 e. The Morgan fingerprint density at radius 3 is 2.83 bits per heavy atom. The number of rotatable bonds is 6. The third-order valence-corrected chi connectivity index (χ3v) is 3.71. The Kier molecular flexibility index (Phi) is 4.08.